The number of nitrogens with two attached hydrogens (primary N) is 1. The number of unbranched alkanes of at least 4 members (excludes halogenated alkanes) is 2. The van der Waals surface area contributed by atoms with Crippen molar-refractivity contribution < 1.29 is 4.79 Å². The molecule has 0 radical (unpaired) electrons. The van der Waals surface area contributed by atoms with E-state index in [0.29, 0.717) is 29.6 Å². The first-order valence-corrected chi connectivity index (χ1v) is 9.63. The van der Waals surface area contributed by atoms with Crippen LogP contribution in [-0.2, 0) is 6.54 Å². The van der Waals surface area contributed by atoms with Crippen LogP contribution in [0, 0.1) is 0 Å². The monoisotopic (exact) mass is 392 g/mol. The van der Waals surface area contributed by atoms with Crippen LogP contribution in [0.15, 0.2) is 29.1 Å². The molecule has 6 nitrogen and oxygen atoms in total. The summed E-state index contributed by atoms with van der Waals surface area (Å²) in [6.07, 6.45) is 6.89. The smallest absolute Gasteiger partial charge is 0.274 e. The highest BCUT2D eigenvalue weighted by atomic mass is 35.5. The number of hydrogen-bond acceptors (Lipinski definition) is 4. The molecule has 0 spiro atoms. The van der Waals surface area contributed by atoms with Crippen molar-refractivity contribution in [3.8, 4) is 0 Å². The molecule has 0 unspecified atom stereocenters. The molecule has 1 heterocycles. The second kappa shape index (κ2) is 9.33. The van der Waals surface area contributed by atoms with Crippen molar-refractivity contribution in [1.82, 2.24) is 15.1 Å². The van der Waals surface area contributed by atoms with Gasteiger partial charge in [0.2, 0.25) is 0 Å². The number of rotatable bonds is 7. The van der Waals surface area contributed by atoms with Gasteiger partial charge in [0.1, 0.15) is 0 Å². The van der Waals surface area contributed by atoms with Crippen molar-refractivity contribution in [3.63, 3.8) is 0 Å². The fourth-order valence-corrected chi connectivity index (χ4v) is 3.80. The summed E-state index contributed by atoms with van der Waals surface area (Å²) in [6.45, 7) is 3.07. The van der Waals surface area contributed by atoms with Gasteiger partial charge in [0.15, 0.2) is 5.69 Å². The van der Waals surface area contributed by atoms with Crippen molar-refractivity contribution in [2.75, 3.05) is 6.54 Å². The maximum Gasteiger partial charge on any atom is 0.274 e. The molecule has 1 aromatic heterocycles. The fraction of sp³-hybridized carbons (Fsp3) is 0.550. The lowest BCUT2D eigenvalue weighted by Crippen LogP contribution is -2.52. The van der Waals surface area contributed by atoms with Gasteiger partial charge in [-0.2, -0.15) is 5.10 Å². The highest BCUT2D eigenvalue weighted by Crippen LogP contribution is 2.29. The number of amides is 1. The standard InChI is InChI=1S/C20H28N4O2.ClH/c1-2-3-8-13-24-19(26)16-10-5-4-9-15(16)17(23-24)18(25)22-20(14-21)11-6-7-12-20;/h4-5,9-10H,2-3,6-8,11-14,21H2,1H3,(H,22,25);1H. The van der Waals surface area contributed by atoms with E-state index in [1.165, 1.54) is 4.68 Å². The third-order valence-corrected chi connectivity index (χ3v) is 5.39. The summed E-state index contributed by atoms with van der Waals surface area (Å²) in [7, 11) is 0. The van der Waals surface area contributed by atoms with Gasteiger partial charge in [0.05, 0.1) is 10.9 Å². The second-order valence-electron chi connectivity index (χ2n) is 7.28. The molecule has 0 aliphatic heterocycles. The number of aromatic nitrogens is 2. The van der Waals surface area contributed by atoms with Gasteiger partial charge in [-0.1, -0.05) is 50.8 Å². The first kappa shape index (κ1) is 21.4. The molecule has 3 N–H and O–H groups in total. The van der Waals surface area contributed by atoms with Crippen molar-refractivity contribution in [1.29, 1.82) is 0 Å². The number of nitrogens with one attached hydrogen (secondary N) is 1. The zero-order valence-corrected chi connectivity index (χ0v) is 16.7. The Balaban J connectivity index is 0.00000261. The number of carbonyl (C=O) groups excluding carboxylic acids is 1. The molecule has 3 rings (SSSR count). The summed E-state index contributed by atoms with van der Waals surface area (Å²) >= 11 is 0. The van der Waals surface area contributed by atoms with Gasteiger partial charge < -0.3 is 11.1 Å². The molecule has 1 aliphatic carbocycles. The van der Waals surface area contributed by atoms with E-state index in [1.807, 2.05) is 12.1 Å². The summed E-state index contributed by atoms with van der Waals surface area (Å²) in [5, 5.41) is 8.70. The van der Waals surface area contributed by atoms with Crippen LogP contribution in [0.25, 0.3) is 10.8 Å². The quantitative estimate of drug-likeness (QED) is 0.708. The van der Waals surface area contributed by atoms with Gasteiger partial charge in [0.25, 0.3) is 11.5 Å². The SMILES string of the molecule is CCCCCn1nc(C(=O)NC2(CN)CCCC2)c2ccccc2c1=O.Cl. The van der Waals surface area contributed by atoms with Gasteiger partial charge in [0, 0.05) is 18.5 Å². The number of nitrogens with zero attached hydrogens (tertiary/aromatic N) is 2. The van der Waals surface area contributed by atoms with E-state index in [9.17, 15) is 9.59 Å². The molecule has 0 atom stereocenters. The third-order valence-electron chi connectivity index (χ3n) is 5.39. The Morgan fingerprint density at radius 2 is 1.89 bits per heavy atom. The van der Waals surface area contributed by atoms with Gasteiger partial charge in [-0.15, -0.1) is 12.4 Å². The molecule has 1 fully saturated rings. The zero-order chi connectivity index (χ0) is 18.6. The molecular weight excluding hydrogens is 364 g/mol. The van der Waals surface area contributed by atoms with E-state index in [0.717, 1.165) is 44.9 Å². The average Bonchev–Trinajstić information content (AvgIpc) is 3.12. The lowest BCUT2D eigenvalue weighted by atomic mass is 9.97. The van der Waals surface area contributed by atoms with E-state index in [4.69, 9.17) is 5.73 Å². The number of hydrogen-bond donors (Lipinski definition) is 2. The Labute approximate surface area is 165 Å². The maximum atomic E-state index is 13.0. The molecular formula is C20H29ClN4O2. The molecule has 0 bridgehead atoms. The van der Waals surface area contributed by atoms with Gasteiger partial charge in [-0.25, -0.2) is 4.68 Å². The van der Waals surface area contributed by atoms with Crippen LogP contribution in [0.5, 0.6) is 0 Å². The van der Waals surface area contributed by atoms with Crippen LogP contribution in [0.3, 0.4) is 0 Å². The first-order valence-electron chi connectivity index (χ1n) is 9.63. The number of fused-ring (bicyclic) bond motifs is 1. The summed E-state index contributed by atoms with van der Waals surface area (Å²) in [5.74, 6) is -0.238. The lowest BCUT2D eigenvalue weighted by molar-refractivity contribution is 0.0897. The Morgan fingerprint density at radius 3 is 2.52 bits per heavy atom. The highest BCUT2D eigenvalue weighted by molar-refractivity contribution is 6.05. The largest absolute Gasteiger partial charge is 0.344 e. The molecule has 0 saturated heterocycles. The van der Waals surface area contributed by atoms with Gasteiger partial charge in [-0.05, 0) is 25.3 Å². The Hall–Kier alpha value is -1.92. The van der Waals surface area contributed by atoms with Crippen LogP contribution in [0.2, 0.25) is 0 Å². The summed E-state index contributed by atoms with van der Waals surface area (Å²) < 4.78 is 1.44. The van der Waals surface area contributed by atoms with E-state index in [2.05, 4.69) is 17.3 Å². The van der Waals surface area contributed by atoms with Crippen LogP contribution in [0.4, 0.5) is 0 Å². The summed E-state index contributed by atoms with van der Waals surface area (Å²) in [4.78, 5) is 25.7. The average molecular weight is 393 g/mol. The second-order valence-corrected chi connectivity index (χ2v) is 7.28. The molecule has 7 heteroatoms. The highest BCUT2D eigenvalue weighted by Gasteiger charge is 2.35. The van der Waals surface area contributed by atoms with Crippen molar-refractivity contribution in [3.05, 3.63) is 40.3 Å². The predicted octanol–water partition coefficient (Wildman–Crippen LogP) is 3.01. The number of halogens is 1. The molecule has 1 amide bonds. The minimum Gasteiger partial charge on any atom is -0.344 e. The number of benzene rings is 1. The van der Waals surface area contributed by atoms with Crippen LogP contribution in [-0.4, -0.2) is 27.8 Å². The predicted molar refractivity (Wildman–Crippen MR) is 110 cm³/mol. The van der Waals surface area contributed by atoms with Gasteiger partial charge >= 0.3 is 0 Å². The molecule has 27 heavy (non-hydrogen) atoms. The zero-order valence-electron chi connectivity index (χ0n) is 15.9. The minimum absolute atomic E-state index is 0. The fourth-order valence-electron chi connectivity index (χ4n) is 3.80. The van der Waals surface area contributed by atoms with Crippen LogP contribution < -0.4 is 16.6 Å². The minimum atomic E-state index is -0.344. The topological polar surface area (TPSA) is 90.0 Å². The molecule has 2 aromatic rings. The van der Waals surface area contributed by atoms with E-state index in [-0.39, 0.29) is 29.4 Å². The lowest BCUT2D eigenvalue weighted by Gasteiger charge is -2.28. The van der Waals surface area contributed by atoms with E-state index in [1.54, 1.807) is 12.1 Å². The summed E-state index contributed by atoms with van der Waals surface area (Å²) in [6, 6.07) is 7.20. The number of aryl methyl sites for hydroxylation is 1. The van der Waals surface area contributed by atoms with Crippen molar-refractivity contribution >= 4 is 29.1 Å². The van der Waals surface area contributed by atoms with E-state index >= 15 is 0 Å². The Morgan fingerprint density at radius 1 is 1.22 bits per heavy atom. The Kier molecular flexibility index (Phi) is 7.39. The molecule has 1 aliphatic rings. The number of carbonyl (C=O) groups is 1. The van der Waals surface area contributed by atoms with Gasteiger partial charge in [-0.3, -0.25) is 9.59 Å². The normalized spacial score (nSPS) is 15.5. The molecule has 1 saturated carbocycles. The van der Waals surface area contributed by atoms with Crippen LogP contribution in [0.1, 0.15) is 62.4 Å². The van der Waals surface area contributed by atoms with Crippen LogP contribution >= 0.6 is 12.4 Å². The third kappa shape index (κ3) is 4.50. The molecule has 1 aromatic carbocycles. The Bertz CT molecular complexity index is 843. The maximum absolute atomic E-state index is 13.0. The van der Waals surface area contributed by atoms with Crippen molar-refractivity contribution in [2.24, 2.45) is 5.73 Å². The first-order chi connectivity index (χ1) is 12.6. The summed E-state index contributed by atoms with van der Waals surface area (Å²) in [5.41, 5.74) is 5.79. The van der Waals surface area contributed by atoms with E-state index < -0.39 is 0 Å². The molecule has 148 valence electrons. The van der Waals surface area contributed by atoms with Crippen molar-refractivity contribution in [2.45, 2.75) is 64.0 Å².